The Kier molecular flexibility index (Phi) is 3.70. The van der Waals surface area contributed by atoms with Gasteiger partial charge in [-0.15, -0.1) is 12.4 Å². The van der Waals surface area contributed by atoms with Crippen molar-refractivity contribution in [2.45, 2.75) is 5.33 Å². The molecule has 0 fully saturated rings. The quantitative estimate of drug-likeness (QED) is 0.713. The molecule has 0 radical (unpaired) electrons. The molecular formula is C10H9BrClN. The molecule has 0 N–H and O–H groups in total. The third-order valence-corrected chi connectivity index (χ3v) is 2.52. The Morgan fingerprint density at radius 2 is 2.08 bits per heavy atom. The predicted octanol–water partition coefficient (Wildman–Crippen LogP) is 3.55. The second-order valence-corrected chi connectivity index (χ2v) is 3.21. The third kappa shape index (κ3) is 2.01. The first-order chi connectivity index (χ1) is 5.92. The Morgan fingerprint density at radius 3 is 2.85 bits per heavy atom. The highest BCUT2D eigenvalue weighted by Crippen LogP contribution is 2.18. The molecule has 13 heavy (non-hydrogen) atoms. The largest absolute Gasteiger partial charge is 0.264 e. The molecule has 0 unspecified atom stereocenters. The van der Waals surface area contributed by atoms with Gasteiger partial charge in [0, 0.05) is 23.1 Å². The molecule has 2 rings (SSSR count). The van der Waals surface area contributed by atoms with Crippen LogP contribution in [0.3, 0.4) is 0 Å². The maximum absolute atomic E-state index is 4.10. The second-order valence-electron chi connectivity index (χ2n) is 2.65. The van der Waals surface area contributed by atoms with Crippen LogP contribution in [0.5, 0.6) is 0 Å². The van der Waals surface area contributed by atoms with E-state index in [9.17, 15) is 0 Å². The van der Waals surface area contributed by atoms with Crippen LogP contribution in [0.1, 0.15) is 5.56 Å². The van der Waals surface area contributed by atoms with Crippen molar-refractivity contribution in [2.24, 2.45) is 0 Å². The first kappa shape index (κ1) is 10.5. The topological polar surface area (TPSA) is 12.9 Å². The van der Waals surface area contributed by atoms with E-state index < -0.39 is 0 Å². The average molecular weight is 259 g/mol. The van der Waals surface area contributed by atoms with Crippen LogP contribution < -0.4 is 0 Å². The summed E-state index contributed by atoms with van der Waals surface area (Å²) in [6.45, 7) is 0. The van der Waals surface area contributed by atoms with Crippen LogP contribution in [0.25, 0.3) is 10.8 Å². The Labute approximate surface area is 91.7 Å². The van der Waals surface area contributed by atoms with E-state index in [1.54, 1.807) is 0 Å². The molecule has 68 valence electrons. The number of aromatic nitrogens is 1. The zero-order valence-electron chi connectivity index (χ0n) is 6.90. The fourth-order valence-electron chi connectivity index (χ4n) is 1.29. The molecule has 1 aromatic carbocycles. The Balaban J connectivity index is 0.000000845. The molecule has 0 amide bonds. The summed E-state index contributed by atoms with van der Waals surface area (Å²) in [5, 5.41) is 3.37. The summed E-state index contributed by atoms with van der Waals surface area (Å²) in [4.78, 5) is 4.10. The van der Waals surface area contributed by atoms with E-state index in [4.69, 9.17) is 0 Å². The Bertz CT molecular complexity index is 398. The van der Waals surface area contributed by atoms with Crippen LogP contribution in [0, 0.1) is 0 Å². The number of rotatable bonds is 1. The zero-order chi connectivity index (χ0) is 8.39. The molecule has 0 saturated carbocycles. The van der Waals surface area contributed by atoms with E-state index >= 15 is 0 Å². The number of halogens is 2. The lowest BCUT2D eigenvalue weighted by molar-refractivity contribution is 1.35. The summed E-state index contributed by atoms with van der Waals surface area (Å²) in [7, 11) is 0. The maximum atomic E-state index is 4.10. The van der Waals surface area contributed by atoms with E-state index in [-0.39, 0.29) is 12.4 Å². The van der Waals surface area contributed by atoms with Gasteiger partial charge in [-0.05, 0) is 17.0 Å². The fourth-order valence-corrected chi connectivity index (χ4v) is 1.78. The van der Waals surface area contributed by atoms with Crippen molar-refractivity contribution in [2.75, 3.05) is 0 Å². The van der Waals surface area contributed by atoms with E-state index in [1.807, 2.05) is 18.5 Å². The highest BCUT2D eigenvalue weighted by Gasteiger charge is 1.97. The van der Waals surface area contributed by atoms with E-state index in [1.165, 1.54) is 16.3 Å². The molecule has 0 aliphatic rings. The maximum Gasteiger partial charge on any atom is 0.0349 e. The number of hydrogen-bond donors (Lipinski definition) is 0. The second kappa shape index (κ2) is 4.58. The van der Waals surface area contributed by atoms with Crippen molar-refractivity contribution in [3.63, 3.8) is 0 Å². The van der Waals surface area contributed by atoms with Crippen molar-refractivity contribution < 1.29 is 0 Å². The number of fused-ring (bicyclic) bond motifs is 1. The molecule has 0 saturated heterocycles. The van der Waals surface area contributed by atoms with Crippen molar-refractivity contribution in [3.05, 3.63) is 42.2 Å². The summed E-state index contributed by atoms with van der Waals surface area (Å²) in [6.07, 6.45) is 3.73. The van der Waals surface area contributed by atoms with Crippen molar-refractivity contribution >= 4 is 39.1 Å². The molecule has 0 aliphatic heterocycles. The minimum absolute atomic E-state index is 0. The highest BCUT2D eigenvalue weighted by molar-refractivity contribution is 9.08. The lowest BCUT2D eigenvalue weighted by atomic mass is 10.1. The normalized spacial score (nSPS) is 9.62. The minimum atomic E-state index is 0. The Hall–Kier alpha value is -0.600. The first-order valence-corrected chi connectivity index (χ1v) is 4.91. The highest BCUT2D eigenvalue weighted by atomic mass is 79.9. The number of nitrogens with zero attached hydrogens (tertiary/aromatic N) is 1. The number of benzene rings is 1. The number of hydrogen-bond acceptors (Lipinski definition) is 1. The SMILES string of the molecule is BrCc1cccc2ccncc12.Cl. The summed E-state index contributed by atoms with van der Waals surface area (Å²) < 4.78 is 0. The van der Waals surface area contributed by atoms with Crippen LogP contribution in [0.2, 0.25) is 0 Å². The van der Waals surface area contributed by atoms with E-state index in [0.717, 1.165) is 5.33 Å². The molecule has 2 aromatic rings. The number of pyridine rings is 1. The van der Waals surface area contributed by atoms with Gasteiger partial charge in [0.25, 0.3) is 0 Å². The Morgan fingerprint density at radius 1 is 1.23 bits per heavy atom. The number of alkyl halides is 1. The minimum Gasteiger partial charge on any atom is -0.264 e. The van der Waals surface area contributed by atoms with E-state index in [2.05, 4.69) is 39.1 Å². The smallest absolute Gasteiger partial charge is 0.0349 e. The zero-order valence-corrected chi connectivity index (χ0v) is 9.31. The van der Waals surface area contributed by atoms with Gasteiger partial charge in [-0.3, -0.25) is 4.98 Å². The monoisotopic (exact) mass is 257 g/mol. The lowest BCUT2D eigenvalue weighted by Crippen LogP contribution is -1.81. The van der Waals surface area contributed by atoms with Gasteiger partial charge in [-0.2, -0.15) is 0 Å². The standard InChI is InChI=1S/C10H8BrN.ClH/c11-6-9-3-1-2-8-4-5-12-7-10(8)9;/h1-5,7H,6H2;1H. The van der Waals surface area contributed by atoms with Gasteiger partial charge in [0.2, 0.25) is 0 Å². The van der Waals surface area contributed by atoms with Gasteiger partial charge in [0.1, 0.15) is 0 Å². The van der Waals surface area contributed by atoms with Crippen LogP contribution in [-0.2, 0) is 5.33 Å². The van der Waals surface area contributed by atoms with Crippen LogP contribution in [-0.4, -0.2) is 4.98 Å². The molecule has 1 aromatic heterocycles. The van der Waals surface area contributed by atoms with Crippen molar-refractivity contribution in [3.8, 4) is 0 Å². The molecule has 1 nitrogen and oxygen atoms in total. The summed E-state index contributed by atoms with van der Waals surface area (Å²) in [5.41, 5.74) is 1.29. The third-order valence-electron chi connectivity index (χ3n) is 1.92. The molecule has 3 heteroatoms. The van der Waals surface area contributed by atoms with Crippen LogP contribution in [0.4, 0.5) is 0 Å². The first-order valence-electron chi connectivity index (χ1n) is 3.79. The van der Waals surface area contributed by atoms with Gasteiger partial charge in [0.05, 0.1) is 0 Å². The molecule has 0 bridgehead atoms. The molecule has 1 heterocycles. The molecular weight excluding hydrogens is 249 g/mol. The van der Waals surface area contributed by atoms with Gasteiger partial charge in [0.15, 0.2) is 0 Å². The van der Waals surface area contributed by atoms with Gasteiger partial charge >= 0.3 is 0 Å². The summed E-state index contributed by atoms with van der Waals surface area (Å²) >= 11 is 3.45. The van der Waals surface area contributed by atoms with E-state index in [0.29, 0.717) is 0 Å². The molecule has 0 aliphatic carbocycles. The molecule has 0 spiro atoms. The van der Waals surface area contributed by atoms with Gasteiger partial charge in [-0.1, -0.05) is 34.1 Å². The molecule has 0 atom stereocenters. The average Bonchev–Trinajstić information content (AvgIpc) is 2.17. The van der Waals surface area contributed by atoms with Crippen LogP contribution in [0.15, 0.2) is 36.7 Å². The van der Waals surface area contributed by atoms with Gasteiger partial charge < -0.3 is 0 Å². The van der Waals surface area contributed by atoms with Crippen molar-refractivity contribution in [1.82, 2.24) is 4.98 Å². The summed E-state index contributed by atoms with van der Waals surface area (Å²) in [5.74, 6) is 0. The fraction of sp³-hybridized carbons (Fsp3) is 0.100. The van der Waals surface area contributed by atoms with Crippen LogP contribution >= 0.6 is 28.3 Å². The van der Waals surface area contributed by atoms with Gasteiger partial charge in [-0.25, -0.2) is 0 Å². The van der Waals surface area contributed by atoms with Crippen molar-refractivity contribution in [1.29, 1.82) is 0 Å². The predicted molar refractivity (Wildman–Crippen MR) is 61.6 cm³/mol. The summed E-state index contributed by atoms with van der Waals surface area (Å²) in [6, 6.07) is 8.31. The lowest BCUT2D eigenvalue weighted by Gasteiger charge is -2.00.